The van der Waals surface area contributed by atoms with Crippen LogP contribution < -0.4 is 14.2 Å². The molecule has 6 nitrogen and oxygen atoms in total. The summed E-state index contributed by atoms with van der Waals surface area (Å²) in [5, 5.41) is 9.94. The molecule has 0 spiro atoms. The van der Waals surface area contributed by atoms with Crippen LogP contribution in [0.15, 0.2) is 72.8 Å². The van der Waals surface area contributed by atoms with Crippen molar-refractivity contribution in [3.8, 4) is 23.0 Å². The molecule has 2 aliphatic heterocycles. The molecule has 2 aliphatic rings. The number of carboxylic acids is 1. The Bertz CT molecular complexity index is 1100. The minimum Gasteiger partial charge on any atom is -0.480 e. The second kappa shape index (κ2) is 8.93. The molecule has 0 radical (unpaired) electrons. The van der Waals surface area contributed by atoms with Crippen molar-refractivity contribution >= 4 is 5.97 Å². The number of hydrogen-bond acceptors (Lipinski definition) is 5. The molecule has 1 N–H and O–H groups in total. The van der Waals surface area contributed by atoms with E-state index in [2.05, 4.69) is 4.90 Å². The van der Waals surface area contributed by atoms with Gasteiger partial charge in [0.15, 0.2) is 11.5 Å². The van der Waals surface area contributed by atoms with Crippen molar-refractivity contribution in [1.29, 1.82) is 0 Å². The van der Waals surface area contributed by atoms with E-state index in [1.165, 1.54) is 0 Å². The van der Waals surface area contributed by atoms with Crippen molar-refractivity contribution in [3.05, 3.63) is 83.9 Å². The van der Waals surface area contributed by atoms with Crippen LogP contribution in [0, 0.1) is 0 Å². The average Bonchev–Trinajstić information content (AvgIpc) is 3.29. The molecule has 6 heteroatoms. The van der Waals surface area contributed by atoms with Gasteiger partial charge in [-0.25, -0.2) is 0 Å². The normalized spacial score (nSPS) is 18.8. The van der Waals surface area contributed by atoms with Gasteiger partial charge in [0, 0.05) is 0 Å². The lowest BCUT2D eigenvalue weighted by atomic mass is 9.91. The topological polar surface area (TPSA) is 68.2 Å². The summed E-state index contributed by atoms with van der Waals surface area (Å²) in [6.07, 6.45) is 2.51. The van der Waals surface area contributed by atoms with Crippen molar-refractivity contribution in [3.63, 3.8) is 0 Å². The van der Waals surface area contributed by atoms with Gasteiger partial charge in [-0.15, -0.1) is 0 Å². The third-order valence-electron chi connectivity index (χ3n) is 6.03. The summed E-state index contributed by atoms with van der Waals surface area (Å²) in [6.45, 7) is 0.908. The van der Waals surface area contributed by atoms with Crippen molar-refractivity contribution in [2.24, 2.45) is 0 Å². The molecule has 1 fully saturated rings. The number of nitrogens with zero attached hydrogens (tertiary/aromatic N) is 1. The van der Waals surface area contributed by atoms with Gasteiger partial charge in [0.05, 0.1) is 6.04 Å². The number of benzene rings is 3. The number of fused-ring (bicyclic) bond motifs is 1. The van der Waals surface area contributed by atoms with Crippen molar-refractivity contribution in [1.82, 2.24) is 4.90 Å². The zero-order chi connectivity index (χ0) is 21.9. The Hall–Kier alpha value is -3.51. The first kappa shape index (κ1) is 20.4. The highest BCUT2D eigenvalue weighted by atomic mass is 16.7. The molecule has 0 aliphatic carbocycles. The van der Waals surface area contributed by atoms with Gasteiger partial charge >= 0.3 is 5.97 Å². The van der Waals surface area contributed by atoms with E-state index >= 15 is 0 Å². The summed E-state index contributed by atoms with van der Waals surface area (Å²) in [5.41, 5.74) is 1.95. The van der Waals surface area contributed by atoms with Crippen LogP contribution in [-0.4, -0.2) is 35.4 Å². The number of para-hydroxylation sites is 1. The van der Waals surface area contributed by atoms with Crippen LogP contribution in [0.5, 0.6) is 23.0 Å². The number of aliphatic carboxylic acids is 1. The maximum atomic E-state index is 12.1. The van der Waals surface area contributed by atoms with Gasteiger partial charge in [-0.3, -0.25) is 9.69 Å². The van der Waals surface area contributed by atoms with E-state index < -0.39 is 12.0 Å². The molecule has 0 bridgehead atoms. The van der Waals surface area contributed by atoms with Crippen LogP contribution in [0.1, 0.15) is 36.4 Å². The van der Waals surface area contributed by atoms with E-state index in [-0.39, 0.29) is 12.8 Å². The fraction of sp³-hybridized carbons (Fsp3) is 0.269. The van der Waals surface area contributed by atoms with E-state index in [1.807, 2.05) is 72.8 Å². The molecular weight excluding hydrogens is 406 g/mol. The van der Waals surface area contributed by atoms with Gasteiger partial charge in [-0.05, 0) is 66.9 Å². The van der Waals surface area contributed by atoms with Crippen LogP contribution >= 0.6 is 0 Å². The maximum absolute atomic E-state index is 12.1. The van der Waals surface area contributed by atoms with E-state index in [9.17, 15) is 9.90 Å². The largest absolute Gasteiger partial charge is 0.480 e. The number of piperidine rings is 1. The van der Waals surface area contributed by atoms with Crippen molar-refractivity contribution in [2.45, 2.75) is 31.3 Å². The number of hydrogen-bond donors (Lipinski definition) is 1. The molecule has 2 atom stereocenters. The van der Waals surface area contributed by atoms with Crippen LogP contribution in [0.2, 0.25) is 0 Å². The number of rotatable bonds is 6. The predicted octanol–water partition coefficient (Wildman–Crippen LogP) is 5.24. The Morgan fingerprint density at radius 1 is 0.906 bits per heavy atom. The standard InChI is InChI=1S/C26H25NO5/c28-26(29)22-11-4-5-14-27(22)25(19-12-13-23-24(16-19)31-17-30-23)18-7-6-10-21(15-18)32-20-8-2-1-3-9-20/h1-3,6-10,12-13,15-16,22,25H,4-5,11,14,17H2,(H,28,29). The minimum absolute atomic E-state index is 0.200. The third-order valence-corrected chi connectivity index (χ3v) is 6.03. The summed E-state index contributed by atoms with van der Waals surface area (Å²) < 4.78 is 17.1. The summed E-state index contributed by atoms with van der Waals surface area (Å²) in [5.74, 6) is 2.08. The lowest BCUT2D eigenvalue weighted by Gasteiger charge is -2.39. The summed E-state index contributed by atoms with van der Waals surface area (Å²) in [4.78, 5) is 14.2. The predicted molar refractivity (Wildman–Crippen MR) is 119 cm³/mol. The smallest absolute Gasteiger partial charge is 0.320 e. The SMILES string of the molecule is O=C(O)C1CCCCN1C(c1cccc(Oc2ccccc2)c1)c1ccc2c(c1)OCO2. The highest BCUT2D eigenvalue weighted by Crippen LogP contribution is 2.40. The highest BCUT2D eigenvalue weighted by molar-refractivity contribution is 5.73. The van der Waals surface area contributed by atoms with Crippen LogP contribution in [0.4, 0.5) is 0 Å². The van der Waals surface area contributed by atoms with Gasteiger partial charge in [0.1, 0.15) is 17.5 Å². The molecule has 3 aromatic carbocycles. The van der Waals surface area contributed by atoms with E-state index in [1.54, 1.807) is 0 Å². The molecular formula is C26H25NO5. The summed E-state index contributed by atoms with van der Waals surface area (Å²) in [7, 11) is 0. The minimum atomic E-state index is -0.785. The Morgan fingerprint density at radius 2 is 1.69 bits per heavy atom. The Morgan fingerprint density at radius 3 is 2.53 bits per heavy atom. The molecule has 5 rings (SSSR count). The number of likely N-dealkylation sites (tertiary alicyclic amines) is 1. The van der Waals surface area contributed by atoms with Crippen LogP contribution in [0.3, 0.4) is 0 Å². The number of carboxylic acid groups (broad SMARTS) is 1. The highest BCUT2D eigenvalue weighted by Gasteiger charge is 2.35. The number of carbonyl (C=O) groups is 1. The second-order valence-corrected chi connectivity index (χ2v) is 8.09. The fourth-order valence-electron chi connectivity index (χ4n) is 4.56. The molecule has 2 unspecified atom stereocenters. The zero-order valence-electron chi connectivity index (χ0n) is 17.6. The third kappa shape index (κ3) is 4.14. The van der Waals surface area contributed by atoms with Crippen LogP contribution in [-0.2, 0) is 4.79 Å². The lowest BCUT2D eigenvalue weighted by molar-refractivity contribution is -0.145. The average molecular weight is 431 g/mol. The molecule has 1 saturated heterocycles. The maximum Gasteiger partial charge on any atom is 0.320 e. The van der Waals surface area contributed by atoms with Crippen molar-refractivity contribution < 1.29 is 24.1 Å². The first-order valence-electron chi connectivity index (χ1n) is 10.9. The summed E-state index contributed by atoms with van der Waals surface area (Å²) >= 11 is 0. The molecule has 0 aromatic heterocycles. The lowest BCUT2D eigenvalue weighted by Crippen LogP contribution is -2.46. The van der Waals surface area contributed by atoms with Gasteiger partial charge in [0.2, 0.25) is 6.79 Å². The molecule has 0 amide bonds. The first-order valence-corrected chi connectivity index (χ1v) is 10.9. The fourth-order valence-corrected chi connectivity index (χ4v) is 4.56. The quantitative estimate of drug-likeness (QED) is 0.576. The van der Waals surface area contributed by atoms with Gasteiger partial charge in [-0.1, -0.05) is 42.8 Å². The monoisotopic (exact) mass is 431 g/mol. The number of ether oxygens (including phenoxy) is 3. The van der Waals surface area contributed by atoms with Crippen LogP contribution in [0.25, 0.3) is 0 Å². The van der Waals surface area contributed by atoms with Gasteiger partial charge in [-0.2, -0.15) is 0 Å². The van der Waals surface area contributed by atoms with Gasteiger partial charge in [0.25, 0.3) is 0 Å². The van der Waals surface area contributed by atoms with Gasteiger partial charge < -0.3 is 19.3 Å². The first-order chi connectivity index (χ1) is 15.7. The molecule has 32 heavy (non-hydrogen) atoms. The second-order valence-electron chi connectivity index (χ2n) is 8.09. The Balaban J connectivity index is 1.55. The van der Waals surface area contributed by atoms with Crippen molar-refractivity contribution in [2.75, 3.05) is 13.3 Å². The Kier molecular flexibility index (Phi) is 5.69. The van der Waals surface area contributed by atoms with E-state index in [4.69, 9.17) is 14.2 Å². The zero-order valence-corrected chi connectivity index (χ0v) is 17.6. The molecule has 3 aromatic rings. The Labute approximate surface area is 187 Å². The molecule has 0 saturated carbocycles. The van der Waals surface area contributed by atoms with E-state index in [0.29, 0.717) is 30.2 Å². The summed E-state index contributed by atoms with van der Waals surface area (Å²) in [6, 6.07) is 22.6. The molecule has 164 valence electrons. The molecule has 2 heterocycles. The van der Waals surface area contributed by atoms with E-state index in [0.717, 1.165) is 29.7 Å².